The Morgan fingerprint density at radius 1 is 0.824 bits per heavy atom. The number of rotatable bonds is 2. The zero-order valence-electron chi connectivity index (χ0n) is 11.5. The molecule has 0 atom stereocenters. The summed E-state index contributed by atoms with van der Waals surface area (Å²) in [5, 5.41) is 2.82. The van der Waals surface area contributed by atoms with Crippen molar-refractivity contribution >= 4 is 19.2 Å². The molecule has 0 amide bonds. The average molecular weight is 240 g/mol. The summed E-state index contributed by atoms with van der Waals surface area (Å²) in [4.78, 5) is 0. The van der Waals surface area contributed by atoms with Crippen LogP contribution < -0.4 is 10.4 Å². The van der Waals surface area contributed by atoms with E-state index >= 15 is 0 Å². The summed E-state index contributed by atoms with van der Waals surface area (Å²) in [7, 11) is -0.914. The maximum Gasteiger partial charge on any atom is 0.126 e. The Bertz CT molecular complexity index is 439. The standard InChI is InChI=1S/C16H19Si/c1-16(2,3)17(14-10-6-4-7-11-14)15-12-8-5-9-13-15/h4-13H,1-3H3/i1D. The van der Waals surface area contributed by atoms with Crippen molar-refractivity contribution in [3.63, 3.8) is 0 Å². The Hall–Kier alpha value is -1.34. The Morgan fingerprint density at radius 3 is 1.59 bits per heavy atom. The molecule has 0 N–H and O–H groups in total. The minimum atomic E-state index is -0.914. The number of hydrogen-bond donors (Lipinski definition) is 0. The number of benzene rings is 2. The molecule has 0 heterocycles. The van der Waals surface area contributed by atoms with Crippen LogP contribution >= 0.6 is 0 Å². The van der Waals surface area contributed by atoms with Crippen LogP contribution in [-0.2, 0) is 0 Å². The highest BCUT2D eigenvalue weighted by Gasteiger charge is 2.29. The highest BCUT2D eigenvalue weighted by atomic mass is 28.3. The molecule has 0 saturated heterocycles. The molecular weight excluding hydrogens is 220 g/mol. The van der Waals surface area contributed by atoms with Crippen LogP contribution in [0.15, 0.2) is 60.7 Å². The normalized spacial score (nSPS) is 12.5. The molecule has 0 unspecified atom stereocenters. The summed E-state index contributed by atoms with van der Waals surface area (Å²) in [6, 6.07) is 21.3. The van der Waals surface area contributed by atoms with Crippen molar-refractivity contribution in [3.8, 4) is 0 Å². The van der Waals surface area contributed by atoms with E-state index in [4.69, 9.17) is 1.37 Å². The topological polar surface area (TPSA) is 0 Å². The third-order valence-corrected chi connectivity index (χ3v) is 5.98. The van der Waals surface area contributed by atoms with Gasteiger partial charge in [0.1, 0.15) is 8.80 Å². The van der Waals surface area contributed by atoms with Crippen LogP contribution in [-0.4, -0.2) is 8.80 Å². The van der Waals surface area contributed by atoms with E-state index < -0.39 is 8.80 Å². The summed E-state index contributed by atoms with van der Waals surface area (Å²) in [6.45, 7) is 4.90. The van der Waals surface area contributed by atoms with Gasteiger partial charge in [-0.25, -0.2) is 0 Å². The van der Waals surface area contributed by atoms with Gasteiger partial charge in [0, 0.05) is 1.37 Å². The lowest BCUT2D eigenvalue weighted by Crippen LogP contribution is -2.48. The fraction of sp³-hybridized carbons (Fsp3) is 0.250. The zero-order valence-corrected chi connectivity index (χ0v) is 11.5. The largest absolute Gasteiger partial charge is 0.126 e. The van der Waals surface area contributed by atoms with Gasteiger partial charge in [-0.15, -0.1) is 0 Å². The summed E-state index contributed by atoms with van der Waals surface area (Å²) in [5.41, 5.74) is 0. The van der Waals surface area contributed by atoms with E-state index in [0.717, 1.165) is 0 Å². The first kappa shape index (κ1) is 10.8. The van der Waals surface area contributed by atoms with Crippen molar-refractivity contribution in [2.75, 3.05) is 0 Å². The number of hydrogen-bond acceptors (Lipinski definition) is 0. The van der Waals surface area contributed by atoms with Crippen LogP contribution in [0.3, 0.4) is 0 Å². The van der Waals surface area contributed by atoms with Crippen molar-refractivity contribution in [1.29, 1.82) is 0 Å². The molecule has 1 radical (unpaired) electrons. The minimum Gasteiger partial charge on any atom is -0.0628 e. The lowest BCUT2D eigenvalue weighted by atomic mass is 10.2. The molecule has 2 aromatic rings. The van der Waals surface area contributed by atoms with E-state index in [-0.39, 0.29) is 5.04 Å². The molecule has 87 valence electrons. The quantitative estimate of drug-likeness (QED) is 0.708. The summed E-state index contributed by atoms with van der Waals surface area (Å²) in [5.74, 6) is 0. The molecule has 1 heteroatoms. The van der Waals surface area contributed by atoms with Crippen LogP contribution in [0.5, 0.6) is 0 Å². The fourth-order valence-corrected chi connectivity index (χ4v) is 5.11. The first-order valence-corrected chi connectivity index (χ1v) is 7.42. The van der Waals surface area contributed by atoms with Crippen molar-refractivity contribution < 1.29 is 1.37 Å². The van der Waals surface area contributed by atoms with Gasteiger partial charge in [-0.1, -0.05) is 91.8 Å². The van der Waals surface area contributed by atoms with Crippen LogP contribution in [0.4, 0.5) is 0 Å². The maximum atomic E-state index is 7.86. The van der Waals surface area contributed by atoms with Crippen LogP contribution in [0, 0.1) is 0 Å². The van der Waals surface area contributed by atoms with Gasteiger partial charge in [0.25, 0.3) is 0 Å². The Labute approximate surface area is 107 Å². The predicted molar refractivity (Wildman–Crippen MR) is 77.6 cm³/mol. The Balaban J connectivity index is 2.49. The molecule has 0 spiro atoms. The smallest absolute Gasteiger partial charge is 0.0628 e. The van der Waals surface area contributed by atoms with Gasteiger partial charge in [-0.05, 0) is 5.04 Å². The highest BCUT2D eigenvalue weighted by molar-refractivity contribution is 6.87. The summed E-state index contributed by atoms with van der Waals surface area (Å²) < 4.78 is 7.86. The van der Waals surface area contributed by atoms with Gasteiger partial charge < -0.3 is 0 Å². The van der Waals surface area contributed by atoms with Crippen LogP contribution in [0.2, 0.25) is 5.04 Å². The van der Waals surface area contributed by atoms with Crippen molar-refractivity contribution in [2.24, 2.45) is 0 Å². The van der Waals surface area contributed by atoms with Gasteiger partial charge in [0.15, 0.2) is 0 Å². The maximum absolute atomic E-state index is 7.86. The molecule has 0 saturated carbocycles. The van der Waals surface area contributed by atoms with Gasteiger partial charge in [-0.3, -0.25) is 0 Å². The van der Waals surface area contributed by atoms with Crippen LogP contribution in [0.1, 0.15) is 22.1 Å². The molecule has 2 rings (SSSR count). The molecule has 2 aromatic carbocycles. The first-order valence-electron chi connectivity index (χ1n) is 6.63. The Kier molecular flexibility index (Phi) is 3.10. The monoisotopic (exact) mass is 240 g/mol. The van der Waals surface area contributed by atoms with Crippen LogP contribution in [0.25, 0.3) is 0 Å². The van der Waals surface area contributed by atoms with Crippen molar-refractivity contribution in [3.05, 3.63) is 60.7 Å². The summed E-state index contributed by atoms with van der Waals surface area (Å²) in [6.07, 6.45) is 0. The predicted octanol–water partition coefficient (Wildman–Crippen LogP) is 3.10. The second-order valence-corrected chi connectivity index (χ2v) is 8.25. The molecule has 0 fully saturated rings. The van der Waals surface area contributed by atoms with Gasteiger partial charge in [0.2, 0.25) is 0 Å². The van der Waals surface area contributed by atoms with E-state index in [0.29, 0.717) is 6.90 Å². The zero-order chi connectivity index (χ0) is 13.0. The average Bonchev–Trinajstić information content (AvgIpc) is 2.41. The highest BCUT2D eigenvalue weighted by Crippen LogP contribution is 2.26. The third kappa shape index (κ3) is 2.86. The summed E-state index contributed by atoms with van der Waals surface area (Å²) >= 11 is 0. The second kappa shape index (κ2) is 4.88. The Morgan fingerprint density at radius 2 is 1.24 bits per heavy atom. The van der Waals surface area contributed by atoms with E-state index in [9.17, 15) is 0 Å². The van der Waals surface area contributed by atoms with Gasteiger partial charge in [-0.2, -0.15) is 0 Å². The fourth-order valence-electron chi connectivity index (χ4n) is 2.16. The second-order valence-electron chi connectivity index (χ2n) is 4.99. The molecule has 0 aliphatic heterocycles. The van der Waals surface area contributed by atoms with Crippen molar-refractivity contribution in [2.45, 2.75) is 25.8 Å². The lowest BCUT2D eigenvalue weighted by Gasteiger charge is -2.29. The van der Waals surface area contributed by atoms with Crippen molar-refractivity contribution in [1.82, 2.24) is 0 Å². The molecular formula is C16H19Si. The molecule has 0 aliphatic carbocycles. The molecule has 0 nitrogen and oxygen atoms in total. The van der Waals surface area contributed by atoms with Gasteiger partial charge in [0.05, 0.1) is 0 Å². The molecule has 0 aliphatic rings. The third-order valence-electron chi connectivity index (χ3n) is 2.80. The SMILES string of the molecule is [2H]CC(C)(C)[Si](c1ccccc1)c1ccccc1. The first-order chi connectivity index (χ1) is 8.65. The van der Waals surface area contributed by atoms with E-state index in [2.05, 4.69) is 74.5 Å². The molecule has 0 aromatic heterocycles. The van der Waals surface area contributed by atoms with E-state index in [1.165, 1.54) is 10.4 Å². The van der Waals surface area contributed by atoms with E-state index in [1.807, 2.05) is 0 Å². The minimum absolute atomic E-state index is 0.0351. The van der Waals surface area contributed by atoms with E-state index in [1.54, 1.807) is 0 Å². The van der Waals surface area contributed by atoms with Gasteiger partial charge >= 0.3 is 0 Å². The molecule has 0 bridgehead atoms. The lowest BCUT2D eigenvalue weighted by molar-refractivity contribution is 0.750. The molecule has 17 heavy (non-hydrogen) atoms.